The average molecular weight is 429 g/mol. The summed E-state index contributed by atoms with van der Waals surface area (Å²) in [5, 5.41) is 0. The van der Waals surface area contributed by atoms with E-state index in [0.29, 0.717) is 0 Å². The molecule has 3 rings (SSSR count). The van der Waals surface area contributed by atoms with Crippen LogP contribution in [0.4, 0.5) is 0 Å². The molecule has 0 amide bonds. The van der Waals surface area contributed by atoms with Gasteiger partial charge in [0, 0.05) is 38.2 Å². The highest BCUT2D eigenvalue weighted by molar-refractivity contribution is 5.76. The molecule has 6 nitrogen and oxygen atoms in total. The average Bonchev–Trinajstić information content (AvgIpc) is 2.80. The van der Waals surface area contributed by atoms with Crippen molar-refractivity contribution in [1.82, 2.24) is 4.90 Å². The zero-order valence-electron chi connectivity index (χ0n) is 28.2. The molecular weight excluding hydrogens is 380 g/mol. The minimum Gasteiger partial charge on any atom is -0.493 e. The minimum atomic E-state index is -3.24. The van der Waals surface area contributed by atoms with Gasteiger partial charge >= 0.3 is 5.97 Å². The van der Waals surface area contributed by atoms with Gasteiger partial charge in [0.1, 0.15) is 12.1 Å². The first-order chi connectivity index (χ1) is 18.0. The van der Waals surface area contributed by atoms with Gasteiger partial charge in [0.05, 0.1) is 21.0 Å². The van der Waals surface area contributed by atoms with Crippen LogP contribution in [0.1, 0.15) is 71.3 Å². The van der Waals surface area contributed by atoms with Crippen LogP contribution in [0.2, 0.25) is 0 Å². The molecule has 2 aliphatic rings. The van der Waals surface area contributed by atoms with Crippen LogP contribution in [0.3, 0.4) is 0 Å². The number of fused-ring (bicyclic) bond motifs is 3. The molecule has 0 aromatic heterocycles. The second-order valence-electron chi connectivity index (χ2n) is 8.35. The molecule has 0 saturated carbocycles. The van der Waals surface area contributed by atoms with E-state index >= 15 is 0 Å². The summed E-state index contributed by atoms with van der Waals surface area (Å²) in [6.45, 7) is 3.49. The van der Waals surface area contributed by atoms with Gasteiger partial charge in [-0.2, -0.15) is 0 Å². The fourth-order valence-corrected chi connectivity index (χ4v) is 3.48. The summed E-state index contributed by atoms with van der Waals surface area (Å²) < 4.78 is 103. The van der Waals surface area contributed by atoms with Gasteiger partial charge in [-0.15, -0.1) is 0 Å². The quantitative estimate of drug-likeness (QED) is 0.670. The van der Waals surface area contributed by atoms with Crippen molar-refractivity contribution in [2.45, 2.75) is 65.0 Å². The van der Waals surface area contributed by atoms with Gasteiger partial charge in [0.25, 0.3) is 0 Å². The van der Waals surface area contributed by atoms with E-state index in [4.69, 9.17) is 26.8 Å². The standard InChI is InChI=1S/C24H38N2O4/c1-14(2)9-17-13-26-8-7-16-10-21(28-5)22(29-6)11-18(16)19(26)12-20(17)30-24(27)23(25)15(3)4/h10-11,14-15,17,19-20,23H,7-9,12-13,25H2,1-6H3/t17?,19?,20?,23-/m0/s1/i5D3,12D2,13D2,17D,19D,20D. The first kappa shape index (κ1) is 12.9. The molecule has 30 heavy (non-hydrogen) atoms. The van der Waals surface area contributed by atoms with Gasteiger partial charge in [0.15, 0.2) is 11.5 Å². The van der Waals surface area contributed by atoms with E-state index < -0.39 is 61.7 Å². The molecule has 6 heteroatoms. The van der Waals surface area contributed by atoms with E-state index in [0.717, 1.165) is 4.90 Å². The predicted molar refractivity (Wildman–Crippen MR) is 118 cm³/mol. The maximum atomic E-state index is 13.1. The van der Waals surface area contributed by atoms with Crippen LogP contribution in [0.5, 0.6) is 11.5 Å². The maximum Gasteiger partial charge on any atom is 0.323 e. The molecule has 2 aliphatic heterocycles. The van der Waals surface area contributed by atoms with Gasteiger partial charge in [-0.3, -0.25) is 9.69 Å². The second-order valence-corrected chi connectivity index (χ2v) is 8.35. The number of esters is 1. The van der Waals surface area contributed by atoms with E-state index in [-0.39, 0.29) is 42.0 Å². The summed E-state index contributed by atoms with van der Waals surface area (Å²) >= 11 is 0. The molecule has 168 valence electrons. The van der Waals surface area contributed by atoms with Crippen molar-refractivity contribution < 1.29 is 32.7 Å². The molecule has 2 heterocycles. The topological polar surface area (TPSA) is 74.0 Å². The summed E-state index contributed by atoms with van der Waals surface area (Å²) in [6.07, 6.45) is -6.79. The van der Waals surface area contributed by atoms with Gasteiger partial charge < -0.3 is 19.9 Å². The zero-order chi connectivity index (χ0) is 30.9. The van der Waals surface area contributed by atoms with Crippen molar-refractivity contribution in [3.63, 3.8) is 0 Å². The molecule has 0 bridgehead atoms. The van der Waals surface area contributed by atoms with Crippen molar-refractivity contribution >= 4 is 5.97 Å². The number of rotatable bonds is 7. The zero-order valence-corrected chi connectivity index (χ0v) is 18.2. The largest absolute Gasteiger partial charge is 0.493 e. The molecule has 4 atom stereocenters. The fraction of sp³-hybridized carbons (Fsp3) is 0.708. The van der Waals surface area contributed by atoms with Crippen molar-refractivity contribution in [3.05, 3.63) is 23.3 Å². The number of nitrogens with zero attached hydrogens (tertiary/aromatic N) is 1. The Morgan fingerprint density at radius 1 is 1.33 bits per heavy atom. The second kappa shape index (κ2) is 9.56. The van der Waals surface area contributed by atoms with Crippen LogP contribution < -0.4 is 15.2 Å². The van der Waals surface area contributed by atoms with E-state index in [1.807, 2.05) is 0 Å². The highest BCUT2D eigenvalue weighted by Gasteiger charge is 2.41. The number of carbonyl (C=O) groups is 1. The number of piperidine rings is 1. The van der Waals surface area contributed by atoms with Crippen molar-refractivity contribution in [3.8, 4) is 11.5 Å². The van der Waals surface area contributed by atoms with Crippen LogP contribution >= 0.6 is 0 Å². The van der Waals surface area contributed by atoms with E-state index in [2.05, 4.69) is 0 Å². The fourth-order valence-electron chi connectivity index (χ4n) is 3.48. The van der Waals surface area contributed by atoms with Crippen LogP contribution in [0.25, 0.3) is 0 Å². The van der Waals surface area contributed by atoms with Crippen LogP contribution in [0, 0.1) is 17.7 Å². The Morgan fingerprint density at radius 2 is 2.07 bits per heavy atom. The number of methoxy groups -OCH3 is 2. The predicted octanol–water partition coefficient (Wildman–Crippen LogP) is 3.56. The molecule has 0 spiro atoms. The van der Waals surface area contributed by atoms with Crippen molar-refractivity contribution in [2.75, 3.05) is 27.2 Å². The van der Waals surface area contributed by atoms with Crippen LogP contribution in [-0.2, 0) is 16.0 Å². The molecule has 1 fully saturated rings. The van der Waals surface area contributed by atoms with Crippen LogP contribution in [-0.4, -0.2) is 50.2 Å². The Labute approximate surface area is 195 Å². The lowest BCUT2D eigenvalue weighted by Gasteiger charge is -2.47. The smallest absolute Gasteiger partial charge is 0.323 e. The third-order valence-electron chi connectivity index (χ3n) is 5.21. The van der Waals surface area contributed by atoms with Crippen molar-refractivity contribution in [1.29, 1.82) is 0 Å². The minimum absolute atomic E-state index is 0.0493. The molecule has 0 aliphatic carbocycles. The third kappa shape index (κ3) is 4.75. The SMILES string of the molecule is [2H]C([2H])([2H])Oc1cc2c(cc1OC)C1([2H])N(CC2)C([2H])([2H])C([2H])(CC(C)C)C([2H])(OC(=O)[C@@H](N)C(C)C)C1([2H])[2H]. The Balaban J connectivity index is 2.36. The summed E-state index contributed by atoms with van der Waals surface area (Å²) in [5.41, 5.74) is 6.09. The molecule has 2 N–H and O–H groups in total. The number of benzene rings is 1. The number of hydrogen-bond donors (Lipinski definition) is 1. The van der Waals surface area contributed by atoms with Gasteiger partial charge in [-0.05, 0) is 47.9 Å². The highest BCUT2D eigenvalue weighted by atomic mass is 16.5. The lowest BCUT2D eigenvalue weighted by molar-refractivity contribution is -0.160. The first-order valence-electron chi connectivity index (χ1n) is 15.2. The maximum absolute atomic E-state index is 13.1. The van der Waals surface area contributed by atoms with Crippen LogP contribution in [0.15, 0.2) is 12.1 Å². The molecule has 1 saturated heterocycles. The normalized spacial score (nSPS) is 40.9. The Morgan fingerprint density at radius 3 is 2.70 bits per heavy atom. The molecule has 0 radical (unpaired) electrons. The van der Waals surface area contributed by atoms with E-state index in [1.165, 1.54) is 19.2 Å². The summed E-state index contributed by atoms with van der Waals surface area (Å²) in [4.78, 5) is 14.0. The van der Waals surface area contributed by atoms with Gasteiger partial charge in [-0.1, -0.05) is 27.7 Å². The lowest BCUT2D eigenvalue weighted by Crippen LogP contribution is -2.51. The lowest BCUT2D eigenvalue weighted by atomic mass is 9.79. The molecule has 3 unspecified atom stereocenters. The number of carbonyl (C=O) groups excluding carboxylic acids is 1. The summed E-state index contributed by atoms with van der Waals surface area (Å²) in [7, 11) is -1.61. The number of ether oxygens (including phenoxy) is 3. The monoisotopic (exact) mass is 428 g/mol. The van der Waals surface area contributed by atoms with E-state index in [9.17, 15) is 11.6 Å². The summed E-state index contributed by atoms with van der Waals surface area (Å²) in [5.74, 6) is -5.10. The first-order valence-corrected chi connectivity index (χ1v) is 10.2. The Hall–Kier alpha value is -1.79. The third-order valence-corrected chi connectivity index (χ3v) is 5.21. The number of hydrogen-bond acceptors (Lipinski definition) is 6. The Bertz CT molecular complexity index is 1150. The Kier molecular flexibility index (Phi) is 4.12. The van der Waals surface area contributed by atoms with Gasteiger partial charge in [-0.25, -0.2) is 0 Å². The van der Waals surface area contributed by atoms with E-state index in [1.54, 1.807) is 27.7 Å². The molecule has 1 aromatic rings. The molecular formula is C24H38N2O4. The van der Waals surface area contributed by atoms with Crippen molar-refractivity contribution in [2.24, 2.45) is 23.5 Å². The van der Waals surface area contributed by atoms with Gasteiger partial charge in [0.2, 0.25) is 0 Å². The molecule has 1 aromatic carbocycles. The summed E-state index contributed by atoms with van der Waals surface area (Å²) in [6, 6.07) is -1.53. The highest BCUT2D eigenvalue weighted by Crippen LogP contribution is 2.44. The number of nitrogens with two attached hydrogens (primary N) is 1.